The van der Waals surface area contributed by atoms with Gasteiger partial charge in [0.05, 0.1) is 6.54 Å². The summed E-state index contributed by atoms with van der Waals surface area (Å²) in [5.74, 6) is -0.0794. The van der Waals surface area contributed by atoms with Gasteiger partial charge in [0.25, 0.3) is 5.91 Å². The van der Waals surface area contributed by atoms with Crippen LogP contribution in [0, 0.1) is 6.92 Å². The maximum atomic E-state index is 11.7. The lowest BCUT2D eigenvalue weighted by Gasteiger charge is -2.08. The number of anilines is 1. The Morgan fingerprint density at radius 1 is 1.00 bits per heavy atom. The highest BCUT2D eigenvalue weighted by atomic mass is 35.5. The highest BCUT2D eigenvalue weighted by Crippen LogP contribution is 2.13. The molecular formula is C17H17ClN2O3. The first-order valence-corrected chi connectivity index (χ1v) is 7.42. The Bertz CT molecular complexity index is 669. The van der Waals surface area contributed by atoms with Crippen LogP contribution in [-0.2, 0) is 9.59 Å². The maximum Gasteiger partial charge on any atom is 0.258 e. The van der Waals surface area contributed by atoms with Crippen molar-refractivity contribution in [3.05, 3.63) is 59.1 Å². The normalized spacial score (nSPS) is 10.0. The lowest BCUT2D eigenvalue weighted by atomic mass is 10.2. The maximum absolute atomic E-state index is 11.7. The fourth-order valence-electron chi connectivity index (χ4n) is 1.75. The molecule has 0 spiro atoms. The number of hydrogen-bond acceptors (Lipinski definition) is 3. The predicted molar refractivity (Wildman–Crippen MR) is 89.8 cm³/mol. The highest BCUT2D eigenvalue weighted by molar-refractivity contribution is 6.30. The van der Waals surface area contributed by atoms with Gasteiger partial charge in [0.15, 0.2) is 6.61 Å². The third-order valence-electron chi connectivity index (χ3n) is 2.97. The minimum atomic E-state index is -0.364. The first-order chi connectivity index (χ1) is 11.0. The van der Waals surface area contributed by atoms with Crippen LogP contribution in [0.5, 0.6) is 5.75 Å². The molecule has 0 aliphatic carbocycles. The van der Waals surface area contributed by atoms with E-state index in [0.717, 1.165) is 5.56 Å². The van der Waals surface area contributed by atoms with E-state index in [2.05, 4.69) is 10.6 Å². The van der Waals surface area contributed by atoms with Crippen molar-refractivity contribution >= 4 is 29.1 Å². The van der Waals surface area contributed by atoms with Crippen LogP contribution < -0.4 is 15.4 Å². The third-order valence-corrected chi connectivity index (χ3v) is 3.22. The van der Waals surface area contributed by atoms with Crippen molar-refractivity contribution < 1.29 is 14.3 Å². The second-order valence-electron chi connectivity index (χ2n) is 4.93. The Kier molecular flexibility index (Phi) is 6.00. The number of hydrogen-bond donors (Lipinski definition) is 2. The largest absolute Gasteiger partial charge is 0.484 e. The minimum Gasteiger partial charge on any atom is -0.484 e. The number of halogens is 1. The van der Waals surface area contributed by atoms with Crippen LogP contribution in [0.2, 0.25) is 5.02 Å². The quantitative estimate of drug-likeness (QED) is 0.854. The van der Waals surface area contributed by atoms with Crippen LogP contribution >= 0.6 is 11.6 Å². The minimum absolute atomic E-state index is 0.126. The molecule has 0 aliphatic heterocycles. The van der Waals surface area contributed by atoms with Gasteiger partial charge >= 0.3 is 0 Å². The van der Waals surface area contributed by atoms with E-state index in [1.807, 2.05) is 19.1 Å². The number of rotatable bonds is 6. The summed E-state index contributed by atoms with van der Waals surface area (Å²) in [6, 6.07) is 14.1. The number of benzene rings is 2. The first-order valence-electron chi connectivity index (χ1n) is 7.04. The Morgan fingerprint density at radius 3 is 2.30 bits per heavy atom. The predicted octanol–water partition coefficient (Wildman–Crippen LogP) is 2.78. The van der Waals surface area contributed by atoms with Crippen LogP contribution in [0.3, 0.4) is 0 Å². The SMILES string of the molecule is Cc1ccc(OCC(=O)NCC(=O)Nc2ccc(Cl)cc2)cc1. The van der Waals surface area contributed by atoms with Gasteiger partial charge in [0, 0.05) is 10.7 Å². The molecule has 0 unspecified atom stereocenters. The summed E-state index contributed by atoms with van der Waals surface area (Å²) in [4.78, 5) is 23.4. The lowest BCUT2D eigenvalue weighted by molar-refractivity contribution is -0.125. The van der Waals surface area contributed by atoms with Crippen molar-refractivity contribution in [2.45, 2.75) is 6.92 Å². The van der Waals surface area contributed by atoms with Crippen LogP contribution in [0.25, 0.3) is 0 Å². The lowest BCUT2D eigenvalue weighted by Crippen LogP contribution is -2.35. The fraction of sp³-hybridized carbons (Fsp3) is 0.176. The highest BCUT2D eigenvalue weighted by Gasteiger charge is 2.07. The molecule has 0 saturated heterocycles. The van der Waals surface area contributed by atoms with Gasteiger partial charge in [-0.3, -0.25) is 9.59 Å². The van der Waals surface area contributed by atoms with Crippen molar-refractivity contribution in [2.24, 2.45) is 0 Å². The molecule has 2 aromatic carbocycles. The number of aryl methyl sites for hydroxylation is 1. The van der Waals surface area contributed by atoms with Gasteiger partial charge in [-0.15, -0.1) is 0 Å². The molecule has 0 radical (unpaired) electrons. The van der Waals surface area contributed by atoms with E-state index in [1.54, 1.807) is 36.4 Å². The molecule has 2 aromatic rings. The molecule has 2 amide bonds. The summed E-state index contributed by atoms with van der Waals surface area (Å²) in [6.45, 7) is 1.70. The van der Waals surface area contributed by atoms with Gasteiger partial charge in [-0.2, -0.15) is 0 Å². The molecule has 6 heteroatoms. The van der Waals surface area contributed by atoms with Crippen molar-refractivity contribution in [1.29, 1.82) is 0 Å². The van der Waals surface area contributed by atoms with Crippen LogP contribution in [0.1, 0.15) is 5.56 Å². The summed E-state index contributed by atoms with van der Waals surface area (Å²) in [5, 5.41) is 5.73. The second-order valence-corrected chi connectivity index (χ2v) is 5.37. The molecule has 0 atom stereocenters. The average molecular weight is 333 g/mol. The van der Waals surface area contributed by atoms with E-state index in [0.29, 0.717) is 16.5 Å². The molecule has 0 aromatic heterocycles. The summed E-state index contributed by atoms with van der Waals surface area (Å²) in [6.07, 6.45) is 0. The number of ether oxygens (including phenoxy) is 1. The van der Waals surface area contributed by atoms with Crippen molar-refractivity contribution in [3.8, 4) is 5.75 Å². The Labute approximate surface area is 139 Å². The van der Waals surface area contributed by atoms with Crippen molar-refractivity contribution in [3.63, 3.8) is 0 Å². The molecule has 0 bridgehead atoms. The van der Waals surface area contributed by atoms with Crippen LogP contribution in [-0.4, -0.2) is 25.0 Å². The Morgan fingerprint density at radius 2 is 1.65 bits per heavy atom. The number of carbonyl (C=O) groups is 2. The van der Waals surface area contributed by atoms with Crippen molar-refractivity contribution in [2.75, 3.05) is 18.5 Å². The molecule has 0 saturated carbocycles. The van der Waals surface area contributed by atoms with E-state index in [-0.39, 0.29) is 25.0 Å². The summed E-state index contributed by atoms with van der Waals surface area (Å²) < 4.78 is 5.33. The van der Waals surface area contributed by atoms with E-state index in [9.17, 15) is 9.59 Å². The molecule has 120 valence electrons. The van der Waals surface area contributed by atoms with E-state index >= 15 is 0 Å². The Hall–Kier alpha value is -2.53. The Balaban J connectivity index is 1.70. The average Bonchev–Trinajstić information content (AvgIpc) is 2.54. The molecule has 5 nitrogen and oxygen atoms in total. The summed E-state index contributed by atoms with van der Waals surface area (Å²) in [7, 11) is 0. The van der Waals surface area contributed by atoms with Gasteiger partial charge in [-0.25, -0.2) is 0 Å². The zero-order chi connectivity index (χ0) is 16.7. The molecule has 0 heterocycles. The fourth-order valence-corrected chi connectivity index (χ4v) is 1.88. The molecule has 2 rings (SSSR count). The monoisotopic (exact) mass is 332 g/mol. The van der Waals surface area contributed by atoms with Gasteiger partial charge in [-0.1, -0.05) is 29.3 Å². The van der Waals surface area contributed by atoms with E-state index in [1.165, 1.54) is 0 Å². The van der Waals surface area contributed by atoms with Gasteiger partial charge < -0.3 is 15.4 Å². The number of amides is 2. The topological polar surface area (TPSA) is 67.4 Å². The zero-order valence-electron chi connectivity index (χ0n) is 12.6. The summed E-state index contributed by atoms with van der Waals surface area (Å²) in [5.41, 5.74) is 1.73. The molecular weight excluding hydrogens is 316 g/mol. The molecule has 0 aliphatic rings. The number of nitrogens with one attached hydrogen (secondary N) is 2. The van der Waals surface area contributed by atoms with Crippen molar-refractivity contribution in [1.82, 2.24) is 5.32 Å². The summed E-state index contributed by atoms with van der Waals surface area (Å²) >= 11 is 5.76. The smallest absolute Gasteiger partial charge is 0.258 e. The number of carbonyl (C=O) groups excluding carboxylic acids is 2. The van der Waals surface area contributed by atoms with E-state index in [4.69, 9.17) is 16.3 Å². The van der Waals surface area contributed by atoms with Crippen LogP contribution in [0.4, 0.5) is 5.69 Å². The third kappa shape index (κ3) is 6.00. The zero-order valence-corrected chi connectivity index (χ0v) is 13.4. The van der Waals surface area contributed by atoms with Gasteiger partial charge in [0.1, 0.15) is 5.75 Å². The second kappa shape index (κ2) is 8.19. The van der Waals surface area contributed by atoms with Gasteiger partial charge in [-0.05, 0) is 43.3 Å². The van der Waals surface area contributed by atoms with E-state index < -0.39 is 0 Å². The standard InChI is InChI=1S/C17H17ClN2O3/c1-12-2-8-15(9-3-12)23-11-17(22)19-10-16(21)20-14-6-4-13(18)5-7-14/h2-9H,10-11H2,1H3,(H,19,22)(H,20,21). The first kappa shape index (κ1) is 16.8. The van der Waals surface area contributed by atoms with Gasteiger partial charge in [0.2, 0.25) is 5.91 Å². The van der Waals surface area contributed by atoms with Crippen LogP contribution in [0.15, 0.2) is 48.5 Å². The molecule has 2 N–H and O–H groups in total. The molecule has 0 fully saturated rings. The molecule has 23 heavy (non-hydrogen) atoms.